The molecule has 0 N–H and O–H groups in total. The SMILES string of the molecule is CC(C)S(=O)(=O)N1CCCC1c1ccccc1Cl. The molecule has 1 aliphatic rings. The highest BCUT2D eigenvalue weighted by Gasteiger charge is 2.37. The summed E-state index contributed by atoms with van der Waals surface area (Å²) in [5.74, 6) is 0. The van der Waals surface area contributed by atoms with Gasteiger partial charge in [-0.2, -0.15) is 4.31 Å². The van der Waals surface area contributed by atoms with Gasteiger partial charge in [0.15, 0.2) is 0 Å². The van der Waals surface area contributed by atoms with Crippen LogP contribution in [0.5, 0.6) is 0 Å². The van der Waals surface area contributed by atoms with Gasteiger partial charge in [-0.3, -0.25) is 0 Å². The van der Waals surface area contributed by atoms with Gasteiger partial charge in [0.25, 0.3) is 0 Å². The van der Waals surface area contributed by atoms with Crippen molar-refractivity contribution in [3.8, 4) is 0 Å². The van der Waals surface area contributed by atoms with Gasteiger partial charge >= 0.3 is 0 Å². The van der Waals surface area contributed by atoms with Crippen LogP contribution in [0.2, 0.25) is 5.02 Å². The maximum atomic E-state index is 12.3. The van der Waals surface area contributed by atoms with Crippen molar-refractivity contribution in [3.63, 3.8) is 0 Å². The molecule has 0 spiro atoms. The minimum atomic E-state index is -3.22. The second-order valence-electron chi connectivity index (χ2n) is 4.88. The molecule has 0 aromatic heterocycles. The molecule has 0 aliphatic carbocycles. The summed E-state index contributed by atoms with van der Waals surface area (Å²) in [5, 5.41) is 0.258. The molecule has 0 amide bonds. The van der Waals surface area contributed by atoms with Gasteiger partial charge in [-0.15, -0.1) is 0 Å². The van der Waals surface area contributed by atoms with Gasteiger partial charge in [-0.25, -0.2) is 8.42 Å². The van der Waals surface area contributed by atoms with E-state index in [1.807, 2.05) is 24.3 Å². The number of hydrogen-bond acceptors (Lipinski definition) is 2. The fourth-order valence-corrected chi connectivity index (χ4v) is 4.13. The molecule has 1 unspecified atom stereocenters. The molecule has 5 heteroatoms. The topological polar surface area (TPSA) is 37.4 Å². The van der Waals surface area contributed by atoms with Crippen LogP contribution in [0.15, 0.2) is 24.3 Å². The fourth-order valence-electron chi connectivity index (χ4n) is 2.37. The van der Waals surface area contributed by atoms with Crippen molar-refractivity contribution in [2.75, 3.05) is 6.54 Å². The first kappa shape index (κ1) is 13.8. The first-order chi connectivity index (χ1) is 8.44. The van der Waals surface area contributed by atoms with E-state index in [9.17, 15) is 8.42 Å². The molecule has 3 nitrogen and oxygen atoms in total. The van der Waals surface area contributed by atoms with Crippen molar-refractivity contribution >= 4 is 21.6 Å². The average Bonchev–Trinajstić information content (AvgIpc) is 2.78. The van der Waals surface area contributed by atoms with E-state index in [0.717, 1.165) is 18.4 Å². The van der Waals surface area contributed by atoms with E-state index in [0.29, 0.717) is 11.6 Å². The number of halogens is 1. The van der Waals surface area contributed by atoms with Crippen LogP contribution in [0.1, 0.15) is 38.3 Å². The maximum absolute atomic E-state index is 12.3. The predicted molar refractivity (Wildman–Crippen MR) is 74.2 cm³/mol. The van der Waals surface area contributed by atoms with E-state index in [4.69, 9.17) is 11.6 Å². The lowest BCUT2D eigenvalue weighted by Gasteiger charge is -2.26. The van der Waals surface area contributed by atoms with Crippen LogP contribution in [-0.2, 0) is 10.0 Å². The zero-order chi connectivity index (χ0) is 13.3. The zero-order valence-electron chi connectivity index (χ0n) is 10.6. The molecule has 1 aliphatic heterocycles. The Balaban J connectivity index is 2.38. The molecule has 1 aromatic carbocycles. The molecule has 1 aromatic rings. The standard InChI is InChI=1S/C13H18ClNO2S/c1-10(2)18(16,17)15-9-5-8-13(15)11-6-3-4-7-12(11)14/h3-4,6-7,10,13H,5,8-9H2,1-2H3. The number of sulfonamides is 1. The highest BCUT2D eigenvalue weighted by atomic mass is 35.5. The largest absolute Gasteiger partial charge is 0.216 e. The van der Waals surface area contributed by atoms with Crippen molar-refractivity contribution in [2.24, 2.45) is 0 Å². The van der Waals surface area contributed by atoms with Gasteiger partial charge in [0, 0.05) is 11.6 Å². The summed E-state index contributed by atoms with van der Waals surface area (Å²) in [4.78, 5) is 0. The monoisotopic (exact) mass is 287 g/mol. The Morgan fingerprint density at radius 2 is 2.00 bits per heavy atom. The first-order valence-electron chi connectivity index (χ1n) is 6.19. The van der Waals surface area contributed by atoms with Crippen LogP contribution in [0.3, 0.4) is 0 Å². The molecule has 18 heavy (non-hydrogen) atoms. The lowest BCUT2D eigenvalue weighted by atomic mass is 10.1. The number of rotatable bonds is 3. The summed E-state index contributed by atoms with van der Waals surface area (Å²) in [6.45, 7) is 4.03. The second kappa shape index (κ2) is 5.19. The number of hydrogen-bond donors (Lipinski definition) is 0. The van der Waals surface area contributed by atoms with Crippen molar-refractivity contribution in [1.29, 1.82) is 0 Å². The number of benzene rings is 1. The third-order valence-electron chi connectivity index (χ3n) is 3.39. The second-order valence-corrected chi connectivity index (χ2v) is 7.73. The fraction of sp³-hybridized carbons (Fsp3) is 0.538. The Hall–Kier alpha value is -0.580. The smallest absolute Gasteiger partial charge is 0.212 e. The van der Waals surface area contributed by atoms with Gasteiger partial charge in [-0.05, 0) is 38.3 Å². The number of nitrogens with zero attached hydrogens (tertiary/aromatic N) is 1. The summed E-state index contributed by atoms with van der Waals surface area (Å²) in [6, 6.07) is 7.39. The molecule has 1 heterocycles. The van der Waals surface area contributed by atoms with Crippen LogP contribution in [0, 0.1) is 0 Å². The van der Waals surface area contributed by atoms with Crippen LogP contribution in [-0.4, -0.2) is 24.5 Å². The lowest BCUT2D eigenvalue weighted by Crippen LogP contribution is -2.35. The van der Waals surface area contributed by atoms with Crippen LogP contribution in [0.4, 0.5) is 0 Å². The summed E-state index contributed by atoms with van der Waals surface area (Å²) in [5.41, 5.74) is 0.917. The molecule has 1 atom stereocenters. The summed E-state index contributed by atoms with van der Waals surface area (Å²) < 4.78 is 26.2. The molecule has 0 saturated carbocycles. The Labute approximate surface area is 114 Å². The van der Waals surface area contributed by atoms with Crippen molar-refractivity contribution < 1.29 is 8.42 Å². The Kier molecular flexibility index (Phi) is 3.99. The minimum absolute atomic E-state index is 0.105. The van der Waals surface area contributed by atoms with Crippen molar-refractivity contribution in [2.45, 2.75) is 38.0 Å². The normalized spacial score (nSPS) is 21.7. The Morgan fingerprint density at radius 3 is 2.61 bits per heavy atom. The van der Waals surface area contributed by atoms with Crippen LogP contribution in [0.25, 0.3) is 0 Å². The average molecular weight is 288 g/mol. The predicted octanol–water partition coefficient (Wildman–Crippen LogP) is 3.22. The molecule has 0 radical (unpaired) electrons. The summed E-state index contributed by atoms with van der Waals surface area (Å²) in [7, 11) is -3.22. The lowest BCUT2D eigenvalue weighted by molar-refractivity contribution is 0.392. The van der Waals surface area contributed by atoms with Crippen molar-refractivity contribution in [3.05, 3.63) is 34.9 Å². The Morgan fingerprint density at radius 1 is 1.33 bits per heavy atom. The van der Waals surface area contributed by atoms with Gasteiger partial charge in [0.2, 0.25) is 10.0 Å². The molecule has 1 fully saturated rings. The molecule has 0 bridgehead atoms. The van der Waals surface area contributed by atoms with Gasteiger partial charge in [-0.1, -0.05) is 29.8 Å². The van der Waals surface area contributed by atoms with E-state index >= 15 is 0 Å². The quantitative estimate of drug-likeness (QED) is 0.856. The molecule has 100 valence electrons. The Bertz CT molecular complexity index is 528. The van der Waals surface area contributed by atoms with E-state index in [2.05, 4.69) is 0 Å². The third kappa shape index (κ3) is 2.42. The van der Waals surface area contributed by atoms with Gasteiger partial charge in [0.05, 0.1) is 11.3 Å². The van der Waals surface area contributed by atoms with E-state index in [1.54, 1.807) is 18.2 Å². The van der Waals surface area contributed by atoms with E-state index < -0.39 is 10.0 Å². The van der Waals surface area contributed by atoms with Gasteiger partial charge < -0.3 is 0 Å². The molecule has 2 rings (SSSR count). The van der Waals surface area contributed by atoms with Gasteiger partial charge in [0.1, 0.15) is 0 Å². The van der Waals surface area contributed by atoms with Crippen LogP contribution < -0.4 is 0 Å². The highest BCUT2D eigenvalue weighted by molar-refractivity contribution is 7.89. The van der Waals surface area contributed by atoms with Crippen molar-refractivity contribution in [1.82, 2.24) is 4.31 Å². The molecular weight excluding hydrogens is 270 g/mol. The minimum Gasteiger partial charge on any atom is -0.212 e. The first-order valence-corrected chi connectivity index (χ1v) is 8.08. The van der Waals surface area contributed by atoms with E-state index in [-0.39, 0.29) is 11.3 Å². The highest BCUT2D eigenvalue weighted by Crippen LogP contribution is 2.38. The summed E-state index contributed by atoms with van der Waals surface area (Å²) in [6.07, 6.45) is 1.73. The summed E-state index contributed by atoms with van der Waals surface area (Å²) >= 11 is 6.18. The van der Waals surface area contributed by atoms with Crippen LogP contribution >= 0.6 is 11.6 Å². The molecular formula is C13H18ClNO2S. The maximum Gasteiger partial charge on any atom is 0.216 e. The zero-order valence-corrected chi connectivity index (χ0v) is 12.2. The third-order valence-corrected chi connectivity index (χ3v) is 6.02. The molecule has 1 saturated heterocycles. The van der Waals surface area contributed by atoms with E-state index in [1.165, 1.54) is 0 Å².